The number of para-hydroxylation sites is 1. The molecular formula is C14H7BrClFN2. The van der Waals surface area contributed by atoms with Gasteiger partial charge in [0.2, 0.25) is 0 Å². The molecule has 0 aliphatic rings. The van der Waals surface area contributed by atoms with Crippen molar-refractivity contribution in [3.8, 4) is 11.4 Å². The molecule has 1 heterocycles. The molecule has 0 aliphatic carbocycles. The van der Waals surface area contributed by atoms with Gasteiger partial charge in [0.05, 0.1) is 5.52 Å². The van der Waals surface area contributed by atoms with Crippen LogP contribution in [-0.2, 0) is 0 Å². The summed E-state index contributed by atoms with van der Waals surface area (Å²) in [4.78, 5) is 8.66. The zero-order valence-electron chi connectivity index (χ0n) is 9.57. The zero-order valence-corrected chi connectivity index (χ0v) is 11.9. The van der Waals surface area contributed by atoms with Crippen molar-refractivity contribution < 1.29 is 4.39 Å². The van der Waals surface area contributed by atoms with Gasteiger partial charge < -0.3 is 0 Å². The summed E-state index contributed by atoms with van der Waals surface area (Å²) in [6, 6.07) is 11.7. The Balaban J connectivity index is 2.29. The van der Waals surface area contributed by atoms with Crippen molar-refractivity contribution in [3.63, 3.8) is 0 Å². The lowest BCUT2D eigenvalue weighted by molar-refractivity contribution is 0.628. The molecule has 3 rings (SSSR count). The van der Waals surface area contributed by atoms with Crippen molar-refractivity contribution in [1.82, 2.24) is 9.97 Å². The van der Waals surface area contributed by atoms with E-state index in [-0.39, 0.29) is 5.82 Å². The summed E-state index contributed by atoms with van der Waals surface area (Å²) in [5, 5.41) is 1.11. The summed E-state index contributed by atoms with van der Waals surface area (Å²) >= 11 is 9.59. The van der Waals surface area contributed by atoms with E-state index in [1.165, 1.54) is 12.1 Å². The lowest BCUT2D eigenvalue weighted by Gasteiger charge is -2.06. The monoisotopic (exact) mass is 336 g/mol. The highest BCUT2D eigenvalue weighted by Crippen LogP contribution is 2.29. The van der Waals surface area contributed by atoms with Crippen LogP contribution in [0.2, 0.25) is 5.15 Å². The lowest BCUT2D eigenvalue weighted by atomic mass is 10.2. The smallest absolute Gasteiger partial charge is 0.161 e. The van der Waals surface area contributed by atoms with Crippen molar-refractivity contribution >= 4 is 38.4 Å². The molecule has 0 spiro atoms. The van der Waals surface area contributed by atoms with Gasteiger partial charge in [0.25, 0.3) is 0 Å². The average Bonchev–Trinajstić information content (AvgIpc) is 2.40. The van der Waals surface area contributed by atoms with Crippen molar-refractivity contribution in [1.29, 1.82) is 0 Å². The van der Waals surface area contributed by atoms with Gasteiger partial charge in [0.15, 0.2) is 5.82 Å². The minimum absolute atomic E-state index is 0.329. The normalized spacial score (nSPS) is 10.9. The third-order valence-electron chi connectivity index (χ3n) is 2.71. The second-order valence-corrected chi connectivity index (χ2v) is 5.20. The van der Waals surface area contributed by atoms with Gasteiger partial charge in [-0.2, -0.15) is 0 Å². The van der Waals surface area contributed by atoms with E-state index in [4.69, 9.17) is 11.6 Å². The van der Waals surface area contributed by atoms with E-state index >= 15 is 0 Å². The fraction of sp³-hybridized carbons (Fsp3) is 0. The number of aromatic nitrogens is 2. The molecule has 0 saturated carbocycles. The van der Waals surface area contributed by atoms with Crippen molar-refractivity contribution in [2.24, 2.45) is 0 Å². The van der Waals surface area contributed by atoms with Crippen LogP contribution in [0.5, 0.6) is 0 Å². The van der Waals surface area contributed by atoms with Gasteiger partial charge in [-0.1, -0.05) is 29.8 Å². The quantitative estimate of drug-likeness (QED) is 0.593. The third-order valence-corrected chi connectivity index (χ3v) is 3.64. The van der Waals surface area contributed by atoms with Gasteiger partial charge >= 0.3 is 0 Å². The molecule has 0 amide bonds. The van der Waals surface area contributed by atoms with Crippen LogP contribution in [0.3, 0.4) is 0 Å². The van der Waals surface area contributed by atoms with Gasteiger partial charge in [0.1, 0.15) is 11.0 Å². The standard InChI is InChI=1S/C14H7BrClFN2/c15-11-6-2-5-10-12(11)18-14(19-13(10)16)8-3-1-4-9(17)7-8/h1-7H. The Morgan fingerprint density at radius 3 is 2.63 bits per heavy atom. The van der Waals surface area contributed by atoms with Crippen LogP contribution in [-0.4, -0.2) is 9.97 Å². The fourth-order valence-electron chi connectivity index (χ4n) is 1.84. The van der Waals surface area contributed by atoms with E-state index in [0.717, 1.165) is 9.86 Å². The minimum atomic E-state index is -0.329. The Morgan fingerprint density at radius 2 is 1.84 bits per heavy atom. The first-order valence-electron chi connectivity index (χ1n) is 5.53. The number of benzene rings is 2. The van der Waals surface area contributed by atoms with Gasteiger partial charge in [-0.25, -0.2) is 14.4 Å². The molecule has 94 valence electrons. The molecule has 0 N–H and O–H groups in total. The van der Waals surface area contributed by atoms with Crippen molar-refractivity contribution in [2.75, 3.05) is 0 Å². The van der Waals surface area contributed by atoms with E-state index in [1.807, 2.05) is 18.2 Å². The first-order chi connectivity index (χ1) is 9.15. The molecule has 1 aromatic heterocycles. The summed E-state index contributed by atoms with van der Waals surface area (Å²) in [6.07, 6.45) is 0. The summed E-state index contributed by atoms with van der Waals surface area (Å²) < 4.78 is 14.1. The van der Waals surface area contributed by atoms with E-state index in [1.54, 1.807) is 12.1 Å². The molecule has 0 aliphatic heterocycles. The van der Waals surface area contributed by atoms with Gasteiger partial charge in [-0.15, -0.1) is 0 Å². The topological polar surface area (TPSA) is 25.8 Å². The first kappa shape index (κ1) is 12.5. The van der Waals surface area contributed by atoms with E-state index in [2.05, 4.69) is 25.9 Å². The number of halogens is 3. The first-order valence-corrected chi connectivity index (χ1v) is 6.70. The van der Waals surface area contributed by atoms with Crippen molar-refractivity contribution in [3.05, 3.63) is 57.9 Å². The lowest BCUT2D eigenvalue weighted by Crippen LogP contribution is -1.93. The van der Waals surface area contributed by atoms with Crippen LogP contribution in [0, 0.1) is 5.82 Å². The Morgan fingerprint density at radius 1 is 1.05 bits per heavy atom. The van der Waals surface area contributed by atoms with Gasteiger partial charge in [-0.05, 0) is 40.2 Å². The molecule has 0 bridgehead atoms. The molecule has 0 saturated heterocycles. The Bertz CT molecular complexity index is 776. The number of hydrogen-bond acceptors (Lipinski definition) is 2. The predicted octanol–water partition coefficient (Wildman–Crippen LogP) is 4.85. The average molecular weight is 338 g/mol. The molecule has 3 aromatic rings. The Hall–Kier alpha value is -1.52. The van der Waals surface area contributed by atoms with Crippen LogP contribution in [0.25, 0.3) is 22.3 Å². The van der Waals surface area contributed by atoms with Crippen LogP contribution in [0.15, 0.2) is 46.9 Å². The fourth-order valence-corrected chi connectivity index (χ4v) is 2.52. The van der Waals surface area contributed by atoms with Crippen LogP contribution in [0.1, 0.15) is 0 Å². The van der Waals surface area contributed by atoms with E-state index in [0.29, 0.717) is 22.1 Å². The second kappa shape index (κ2) is 4.87. The number of fused-ring (bicyclic) bond motifs is 1. The van der Waals surface area contributed by atoms with Crippen LogP contribution >= 0.6 is 27.5 Å². The maximum atomic E-state index is 13.2. The van der Waals surface area contributed by atoms with E-state index in [9.17, 15) is 4.39 Å². The highest BCUT2D eigenvalue weighted by atomic mass is 79.9. The van der Waals surface area contributed by atoms with E-state index < -0.39 is 0 Å². The molecule has 0 radical (unpaired) electrons. The van der Waals surface area contributed by atoms with Crippen molar-refractivity contribution in [2.45, 2.75) is 0 Å². The Kier molecular flexibility index (Phi) is 3.21. The molecule has 0 unspecified atom stereocenters. The highest BCUT2D eigenvalue weighted by molar-refractivity contribution is 9.10. The SMILES string of the molecule is Fc1cccc(-c2nc(Cl)c3cccc(Br)c3n2)c1. The number of hydrogen-bond donors (Lipinski definition) is 0. The molecule has 0 fully saturated rings. The summed E-state index contributed by atoms with van der Waals surface area (Å²) in [6.45, 7) is 0. The molecule has 0 atom stereocenters. The molecular weight excluding hydrogens is 331 g/mol. The molecule has 5 heteroatoms. The molecule has 2 nitrogen and oxygen atoms in total. The van der Waals surface area contributed by atoms with Gasteiger partial charge in [0, 0.05) is 15.4 Å². The summed E-state index contributed by atoms with van der Waals surface area (Å²) in [5.74, 6) is 0.0772. The largest absolute Gasteiger partial charge is 0.227 e. The summed E-state index contributed by atoms with van der Waals surface area (Å²) in [5.41, 5.74) is 1.31. The predicted molar refractivity (Wildman–Crippen MR) is 77.6 cm³/mol. The zero-order chi connectivity index (χ0) is 13.4. The highest BCUT2D eigenvalue weighted by Gasteiger charge is 2.10. The number of rotatable bonds is 1. The second-order valence-electron chi connectivity index (χ2n) is 3.98. The van der Waals surface area contributed by atoms with Gasteiger partial charge in [-0.3, -0.25) is 0 Å². The van der Waals surface area contributed by atoms with Crippen LogP contribution < -0.4 is 0 Å². The Labute approximate surface area is 122 Å². The maximum absolute atomic E-state index is 13.2. The maximum Gasteiger partial charge on any atom is 0.161 e. The number of nitrogens with zero attached hydrogens (tertiary/aromatic N) is 2. The van der Waals surface area contributed by atoms with Crippen LogP contribution in [0.4, 0.5) is 4.39 Å². The molecule has 2 aromatic carbocycles. The summed E-state index contributed by atoms with van der Waals surface area (Å²) in [7, 11) is 0. The third kappa shape index (κ3) is 2.33. The minimum Gasteiger partial charge on any atom is -0.227 e. The molecule has 19 heavy (non-hydrogen) atoms.